The molecule has 7 N–H and O–H groups in total. The average molecular weight is 576 g/mol. The molecule has 4 heterocycles. The number of aromatic nitrogens is 5. The number of aliphatic carboxylic acids is 1. The normalized spacial score (nSPS) is 22.9. The number of nitrogens with zero attached hydrogens (tertiary/aromatic N) is 4. The van der Waals surface area contributed by atoms with Crippen molar-refractivity contribution in [3.8, 4) is 0 Å². The van der Waals surface area contributed by atoms with Gasteiger partial charge in [-0.1, -0.05) is 25.1 Å². The van der Waals surface area contributed by atoms with E-state index in [0.717, 1.165) is 10.9 Å². The van der Waals surface area contributed by atoms with Crippen molar-refractivity contribution in [2.24, 2.45) is 5.73 Å². The molecule has 0 radical (unpaired) electrons. The summed E-state index contributed by atoms with van der Waals surface area (Å²) in [7, 11) is 0. The van der Waals surface area contributed by atoms with Crippen LogP contribution in [0, 0.1) is 0 Å². The molecule has 2 unspecified atom stereocenters. The molecule has 0 amide bonds. The summed E-state index contributed by atoms with van der Waals surface area (Å²) in [5.41, 5.74) is 8.59. The summed E-state index contributed by atoms with van der Waals surface area (Å²) < 4.78 is 7.53. The maximum absolute atomic E-state index is 10.9. The van der Waals surface area contributed by atoms with Crippen LogP contribution in [-0.2, 0) is 9.53 Å². The zero-order valence-electron chi connectivity index (χ0n) is 21.1. The van der Waals surface area contributed by atoms with Crippen LogP contribution in [-0.4, -0.2) is 88.2 Å². The molecule has 1 saturated heterocycles. The monoisotopic (exact) mass is 575 g/mol. The second kappa shape index (κ2) is 11.7. The molecule has 0 aliphatic carbocycles. The number of aliphatic hydroxyl groups is 2. The Morgan fingerprint density at radius 2 is 2.10 bits per heavy atom. The highest BCUT2D eigenvalue weighted by molar-refractivity contribution is 7.99. The number of nitrogens with one attached hydrogen (secondary N) is 2. The molecule has 5 rings (SSSR count). The van der Waals surface area contributed by atoms with E-state index in [1.54, 1.807) is 0 Å². The number of para-hydroxylation sites is 1. The molecule has 39 heavy (non-hydrogen) atoms. The maximum atomic E-state index is 10.9. The topological polar surface area (TPSA) is 184 Å². The SMILES string of the molecule is CC(CNc1nc(Cl)nc2c1ncn2C1O[C@H](CSCC[C@H](N)C(=O)O)[C@@H](O)[C@H]1O)c1c[nH]c2ccccc12. The molecule has 208 valence electrons. The molecule has 1 fully saturated rings. The third-order valence-corrected chi connectivity index (χ3v) is 8.16. The highest BCUT2D eigenvalue weighted by Crippen LogP contribution is 2.34. The zero-order chi connectivity index (χ0) is 27.7. The number of benzene rings is 1. The zero-order valence-corrected chi connectivity index (χ0v) is 22.6. The fraction of sp³-hybridized carbons (Fsp3) is 0.440. The van der Waals surface area contributed by atoms with Crippen LogP contribution in [0.5, 0.6) is 0 Å². The van der Waals surface area contributed by atoms with Crippen LogP contribution in [0.3, 0.4) is 0 Å². The number of nitrogens with two attached hydrogens (primary N) is 1. The Bertz CT molecular complexity index is 1470. The van der Waals surface area contributed by atoms with Crippen LogP contribution < -0.4 is 11.1 Å². The summed E-state index contributed by atoms with van der Waals surface area (Å²) in [5.74, 6) is 0.360. The van der Waals surface area contributed by atoms with Crippen LogP contribution in [0.15, 0.2) is 36.8 Å². The minimum atomic E-state index is -1.23. The lowest BCUT2D eigenvalue weighted by molar-refractivity contribution is -0.138. The molecule has 1 aliphatic rings. The van der Waals surface area contributed by atoms with Crippen molar-refractivity contribution in [2.45, 2.75) is 49.8 Å². The Balaban J connectivity index is 1.28. The fourth-order valence-corrected chi connectivity index (χ4v) is 5.95. The number of fused-ring (bicyclic) bond motifs is 2. The van der Waals surface area contributed by atoms with Gasteiger partial charge in [0.15, 0.2) is 23.2 Å². The van der Waals surface area contributed by atoms with Gasteiger partial charge in [-0.3, -0.25) is 9.36 Å². The minimum absolute atomic E-state index is 0.00130. The first-order valence-electron chi connectivity index (χ1n) is 12.5. The second-order valence-electron chi connectivity index (χ2n) is 9.59. The van der Waals surface area contributed by atoms with E-state index in [4.69, 9.17) is 27.2 Å². The number of rotatable bonds is 11. The Morgan fingerprint density at radius 1 is 1.31 bits per heavy atom. The summed E-state index contributed by atoms with van der Waals surface area (Å²) in [5, 5.41) is 34.8. The van der Waals surface area contributed by atoms with E-state index in [0.29, 0.717) is 35.0 Å². The van der Waals surface area contributed by atoms with Gasteiger partial charge in [-0.15, -0.1) is 0 Å². The number of carbonyl (C=O) groups is 1. The molecule has 0 saturated carbocycles. The predicted octanol–water partition coefficient (Wildman–Crippen LogP) is 2.33. The Morgan fingerprint density at radius 3 is 2.90 bits per heavy atom. The number of anilines is 1. The Hall–Kier alpha value is -2.94. The molecule has 0 spiro atoms. The lowest BCUT2D eigenvalue weighted by Crippen LogP contribution is -2.33. The number of carboxylic acid groups (broad SMARTS) is 1. The number of ether oxygens (including phenoxy) is 1. The summed E-state index contributed by atoms with van der Waals surface area (Å²) in [6.07, 6.45) is -0.243. The van der Waals surface area contributed by atoms with Crippen LogP contribution in [0.1, 0.15) is 31.1 Å². The van der Waals surface area contributed by atoms with E-state index in [1.807, 2.05) is 24.4 Å². The summed E-state index contributed by atoms with van der Waals surface area (Å²) >= 11 is 7.66. The van der Waals surface area contributed by atoms with Gasteiger partial charge in [0.05, 0.1) is 12.4 Å². The number of hydrogen-bond donors (Lipinski definition) is 6. The lowest BCUT2D eigenvalue weighted by atomic mass is 10.0. The highest BCUT2D eigenvalue weighted by atomic mass is 35.5. The maximum Gasteiger partial charge on any atom is 0.320 e. The third-order valence-electron chi connectivity index (χ3n) is 6.91. The van der Waals surface area contributed by atoms with Crippen molar-refractivity contribution in [1.82, 2.24) is 24.5 Å². The van der Waals surface area contributed by atoms with Gasteiger partial charge in [-0.2, -0.15) is 21.7 Å². The van der Waals surface area contributed by atoms with E-state index in [2.05, 4.69) is 38.2 Å². The van der Waals surface area contributed by atoms with Crippen molar-refractivity contribution >= 4 is 57.2 Å². The van der Waals surface area contributed by atoms with Crippen molar-refractivity contribution in [2.75, 3.05) is 23.4 Å². The van der Waals surface area contributed by atoms with E-state index in [-0.39, 0.29) is 17.6 Å². The van der Waals surface area contributed by atoms with E-state index >= 15 is 0 Å². The van der Waals surface area contributed by atoms with Gasteiger partial charge in [-0.05, 0) is 35.4 Å². The van der Waals surface area contributed by atoms with E-state index in [9.17, 15) is 15.0 Å². The molecule has 12 nitrogen and oxygen atoms in total. The first kappa shape index (κ1) is 27.6. The van der Waals surface area contributed by atoms with Gasteiger partial charge in [0, 0.05) is 35.3 Å². The molecule has 4 aromatic rings. The molecular weight excluding hydrogens is 546 g/mol. The number of hydrogen-bond acceptors (Lipinski definition) is 10. The molecule has 1 aliphatic heterocycles. The Kier molecular flexibility index (Phi) is 8.26. The van der Waals surface area contributed by atoms with Crippen LogP contribution in [0.2, 0.25) is 5.28 Å². The standard InChI is InChI=1S/C25H30ClN7O5S/c1-12(14-9-28-16-5-3-2-4-13(14)16)8-29-21-18-22(32-25(26)31-21)33(11-30-18)23-20(35)19(34)17(38-23)10-39-7-6-15(27)24(36)37/h2-5,9,11-12,15,17,19-20,23,28,34-35H,6-8,10,27H2,1H3,(H,36,37)(H,29,31,32)/t12?,15-,17+,19+,20+,23?/m0/s1. The number of imidazole rings is 1. The van der Waals surface area contributed by atoms with Crippen molar-refractivity contribution in [3.05, 3.63) is 47.6 Å². The Labute approximate surface area is 232 Å². The summed E-state index contributed by atoms with van der Waals surface area (Å²) in [6, 6.07) is 7.17. The molecular formula is C25H30ClN7O5S. The van der Waals surface area contributed by atoms with Crippen molar-refractivity contribution in [3.63, 3.8) is 0 Å². The number of carboxylic acids is 1. The number of thioether (sulfide) groups is 1. The van der Waals surface area contributed by atoms with Gasteiger partial charge >= 0.3 is 5.97 Å². The number of aliphatic hydroxyl groups excluding tert-OH is 2. The number of H-pyrrole nitrogens is 1. The fourth-order valence-electron chi connectivity index (χ4n) is 4.69. The van der Waals surface area contributed by atoms with Gasteiger partial charge in [0.2, 0.25) is 5.28 Å². The van der Waals surface area contributed by atoms with Gasteiger partial charge in [-0.25, -0.2) is 4.98 Å². The summed E-state index contributed by atoms with van der Waals surface area (Å²) in [4.78, 5) is 27.3. The van der Waals surface area contributed by atoms with Crippen molar-refractivity contribution in [1.29, 1.82) is 0 Å². The smallest absolute Gasteiger partial charge is 0.320 e. The second-order valence-corrected chi connectivity index (χ2v) is 11.1. The number of aromatic amines is 1. The molecule has 0 bridgehead atoms. The number of halogens is 1. The summed E-state index contributed by atoms with van der Waals surface area (Å²) in [6.45, 7) is 2.67. The van der Waals surface area contributed by atoms with Crippen LogP contribution >= 0.6 is 23.4 Å². The average Bonchev–Trinajstić information content (AvgIpc) is 3.61. The van der Waals surface area contributed by atoms with Gasteiger partial charge in [0.25, 0.3) is 0 Å². The molecule has 14 heteroatoms. The quantitative estimate of drug-likeness (QED) is 0.114. The van der Waals surface area contributed by atoms with Crippen LogP contribution in [0.25, 0.3) is 22.1 Å². The third kappa shape index (κ3) is 5.69. The van der Waals surface area contributed by atoms with Gasteiger partial charge in [0.1, 0.15) is 18.2 Å². The van der Waals surface area contributed by atoms with Crippen molar-refractivity contribution < 1.29 is 24.9 Å². The minimum Gasteiger partial charge on any atom is -0.480 e. The first-order valence-corrected chi connectivity index (χ1v) is 14.1. The lowest BCUT2D eigenvalue weighted by Gasteiger charge is -2.17. The first-order chi connectivity index (χ1) is 18.7. The highest BCUT2D eigenvalue weighted by Gasteiger charge is 2.44. The molecule has 1 aromatic carbocycles. The largest absolute Gasteiger partial charge is 0.480 e. The van der Waals surface area contributed by atoms with Gasteiger partial charge < -0.3 is 36.1 Å². The molecule has 3 aromatic heterocycles. The van der Waals surface area contributed by atoms with Crippen LogP contribution in [0.4, 0.5) is 5.82 Å². The predicted molar refractivity (Wildman–Crippen MR) is 149 cm³/mol. The molecule has 6 atom stereocenters. The van der Waals surface area contributed by atoms with E-state index in [1.165, 1.54) is 28.2 Å². The van der Waals surface area contributed by atoms with E-state index < -0.39 is 36.6 Å².